The highest BCUT2D eigenvalue weighted by molar-refractivity contribution is 6.05. The fourth-order valence-electron chi connectivity index (χ4n) is 2.74. The fraction of sp³-hybridized carbons (Fsp3) is 0.111. The second kappa shape index (κ2) is 5.94. The van der Waals surface area contributed by atoms with Crippen LogP contribution in [0.3, 0.4) is 0 Å². The number of aryl methyl sites for hydroxylation is 1. The van der Waals surface area contributed by atoms with Gasteiger partial charge >= 0.3 is 0 Å². The molecule has 4 rings (SSSR count). The lowest BCUT2D eigenvalue weighted by Crippen LogP contribution is -2.18. The minimum absolute atomic E-state index is 0.205. The van der Waals surface area contributed by atoms with Gasteiger partial charge in [-0.2, -0.15) is 0 Å². The van der Waals surface area contributed by atoms with Gasteiger partial charge in [0.1, 0.15) is 17.3 Å². The first-order valence-electron chi connectivity index (χ1n) is 7.66. The van der Waals surface area contributed by atoms with E-state index in [2.05, 4.69) is 10.5 Å². The number of aromatic nitrogens is 2. The van der Waals surface area contributed by atoms with Gasteiger partial charge in [0.05, 0.1) is 18.3 Å². The molecule has 3 aromatic heterocycles. The highest BCUT2D eigenvalue weighted by atomic mass is 19.1. The fourth-order valence-corrected chi connectivity index (χ4v) is 2.74. The molecule has 4 aromatic rings. The lowest BCUT2D eigenvalue weighted by Gasteiger charge is -2.10. The zero-order valence-electron chi connectivity index (χ0n) is 13.3. The van der Waals surface area contributed by atoms with E-state index in [0.29, 0.717) is 33.9 Å². The molecule has 0 spiro atoms. The third kappa shape index (κ3) is 2.80. The van der Waals surface area contributed by atoms with Gasteiger partial charge in [0.25, 0.3) is 5.91 Å². The summed E-state index contributed by atoms with van der Waals surface area (Å²) < 4.78 is 26.1. The van der Waals surface area contributed by atoms with Crippen LogP contribution in [0.2, 0.25) is 0 Å². The average Bonchev–Trinajstić information content (AvgIpc) is 3.27. The number of carbonyl (C=O) groups is 1. The van der Waals surface area contributed by atoms with Crippen molar-refractivity contribution in [3.05, 3.63) is 71.6 Å². The first-order valence-corrected chi connectivity index (χ1v) is 7.66. The summed E-state index contributed by atoms with van der Waals surface area (Å²) in [7, 11) is 0. The maximum atomic E-state index is 14.0. The number of benzene rings is 1. The van der Waals surface area contributed by atoms with Crippen molar-refractivity contribution in [2.45, 2.75) is 13.5 Å². The van der Waals surface area contributed by atoms with Crippen LogP contribution < -0.4 is 5.32 Å². The summed E-state index contributed by atoms with van der Waals surface area (Å²) in [5, 5.41) is 6.42. The standard InChI is InChI=1S/C18H14FN3O3/c1-11-8-17(21-25-11)20-18(23)15-9-16-14(6-7-24-16)22(15)10-12-4-2-3-5-13(12)19/h2-9H,10H2,1H3,(H,20,21,23). The van der Waals surface area contributed by atoms with E-state index in [1.807, 2.05) is 0 Å². The number of halogens is 1. The minimum Gasteiger partial charge on any atom is -0.463 e. The molecule has 126 valence electrons. The van der Waals surface area contributed by atoms with E-state index in [0.717, 1.165) is 0 Å². The van der Waals surface area contributed by atoms with E-state index in [1.165, 1.54) is 12.3 Å². The topological polar surface area (TPSA) is 73.2 Å². The van der Waals surface area contributed by atoms with Crippen molar-refractivity contribution in [3.63, 3.8) is 0 Å². The first kappa shape index (κ1) is 15.2. The predicted molar refractivity (Wildman–Crippen MR) is 88.9 cm³/mol. The highest BCUT2D eigenvalue weighted by Gasteiger charge is 2.19. The van der Waals surface area contributed by atoms with Crippen LogP contribution >= 0.6 is 0 Å². The van der Waals surface area contributed by atoms with E-state index < -0.39 is 0 Å². The van der Waals surface area contributed by atoms with E-state index in [1.54, 1.807) is 47.9 Å². The second-order valence-corrected chi connectivity index (χ2v) is 5.65. The molecule has 3 heterocycles. The largest absolute Gasteiger partial charge is 0.463 e. The molecule has 0 atom stereocenters. The van der Waals surface area contributed by atoms with Crippen molar-refractivity contribution >= 4 is 22.8 Å². The molecule has 0 saturated heterocycles. The maximum absolute atomic E-state index is 14.0. The Balaban J connectivity index is 1.72. The molecule has 0 aliphatic heterocycles. The number of nitrogens with zero attached hydrogens (tertiary/aromatic N) is 2. The number of rotatable bonds is 4. The molecular formula is C18H14FN3O3. The molecule has 1 N–H and O–H groups in total. The van der Waals surface area contributed by atoms with Crippen molar-refractivity contribution < 1.29 is 18.1 Å². The SMILES string of the molecule is Cc1cc(NC(=O)c2cc3occc3n2Cc2ccccc2F)no1. The number of hydrogen-bond acceptors (Lipinski definition) is 4. The van der Waals surface area contributed by atoms with Gasteiger partial charge in [0.2, 0.25) is 0 Å². The summed E-state index contributed by atoms with van der Waals surface area (Å²) in [6, 6.07) is 11.4. The van der Waals surface area contributed by atoms with Gasteiger partial charge in [-0.15, -0.1) is 0 Å². The Morgan fingerprint density at radius 3 is 2.88 bits per heavy atom. The Kier molecular flexibility index (Phi) is 3.61. The zero-order valence-corrected chi connectivity index (χ0v) is 13.3. The average molecular weight is 339 g/mol. The molecule has 0 fully saturated rings. The lowest BCUT2D eigenvalue weighted by atomic mass is 10.2. The van der Waals surface area contributed by atoms with Crippen molar-refractivity contribution in [2.24, 2.45) is 0 Å². The van der Waals surface area contributed by atoms with Crippen LogP contribution in [0.4, 0.5) is 10.2 Å². The van der Waals surface area contributed by atoms with Crippen LogP contribution in [0, 0.1) is 12.7 Å². The monoisotopic (exact) mass is 339 g/mol. The molecule has 0 radical (unpaired) electrons. The minimum atomic E-state index is -0.379. The van der Waals surface area contributed by atoms with Gasteiger partial charge in [0, 0.05) is 23.8 Å². The summed E-state index contributed by atoms with van der Waals surface area (Å²) in [6.07, 6.45) is 1.53. The molecule has 7 heteroatoms. The molecule has 0 aliphatic rings. The molecule has 1 amide bonds. The molecule has 0 aliphatic carbocycles. The van der Waals surface area contributed by atoms with Crippen molar-refractivity contribution in [3.8, 4) is 0 Å². The Hall–Kier alpha value is -3.35. The van der Waals surface area contributed by atoms with E-state index >= 15 is 0 Å². The number of amides is 1. The van der Waals surface area contributed by atoms with Gasteiger partial charge < -0.3 is 18.8 Å². The third-order valence-corrected chi connectivity index (χ3v) is 3.91. The van der Waals surface area contributed by atoms with Crippen molar-refractivity contribution in [1.82, 2.24) is 9.72 Å². The van der Waals surface area contributed by atoms with Gasteiger partial charge in [-0.3, -0.25) is 4.79 Å². The van der Waals surface area contributed by atoms with Gasteiger partial charge in [-0.1, -0.05) is 23.4 Å². The van der Waals surface area contributed by atoms with Crippen LogP contribution in [0.5, 0.6) is 0 Å². The number of furan rings is 1. The quantitative estimate of drug-likeness (QED) is 0.610. The number of hydrogen-bond donors (Lipinski definition) is 1. The van der Waals surface area contributed by atoms with Crippen LogP contribution in [0.1, 0.15) is 21.8 Å². The van der Waals surface area contributed by atoms with Crippen molar-refractivity contribution in [2.75, 3.05) is 5.32 Å². The van der Waals surface area contributed by atoms with Gasteiger partial charge in [-0.25, -0.2) is 4.39 Å². The summed E-state index contributed by atoms with van der Waals surface area (Å²) in [5.41, 5.74) is 2.09. The molecule has 25 heavy (non-hydrogen) atoms. The summed E-state index contributed by atoms with van der Waals surface area (Å²) in [4.78, 5) is 12.6. The van der Waals surface area contributed by atoms with Gasteiger partial charge in [0.15, 0.2) is 11.4 Å². The molecule has 1 aromatic carbocycles. The third-order valence-electron chi connectivity index (χ3n) is 3.91. The molecular weight excluding hydrogens is 325 g/mol. The highest BCUT2D eigenvalue weighted by Crippen LogP contribution is 2.24. The smallest absolute Gasteiger partial charge is 0.273 e. The number of carbonyl (C=O) groups excluding carboxylic acids is 1. The summed E-state index contributed by atoms with van der Waals surface area (Å²) >= 11 is 0. The Morgan fingerprint density at radius 2 is 2.12 bits per heavy atom. The Labute approximate surface area is 141 Å². The molecule has 0 unspecified atom stereocenters. The number of anilines is 1. The Morgan fingerprint density at radius 1 is 1.28 bits per heavy atom. The first-order chi connectivity index (χ1) is 12.1. The van der Waals surface area contributed by atoms with Crippen LogP contribution in [-0.2, 0) is 6.54 Å². The van der Waals surface area contributed by atoms with Gasteiger partial charge in [-0.05, 0) is 13.0 Å². The van der Waals surface area contributed by atoms with Crippen LogP contribution in [0.15, 0.2) is 57.7 Å². The lowest BCUT2D eigenvalue weighted by molar-refractivity contribution is 0.101. The number of nitrogens with one attached hydrogen (secondary N) is 1. The van der Waals surface area contributed by atoms with E-state index in [-0.39, 0.29) is 18.3 Å². The predicted octanol–water partition coefficient (Wildman–Crippen LogP) is 3.97. The van der Waals surface area contributed by atoms with E-state index in [4.69, 9.17) is 8.94 Å². The second-order valence-electron chi connectivity index (χ2n) is 5.65. The molecule has 0 bridgehead atoms. The normalized spacial score (nSPS) is 11.1. The van der Waals surface area contributed by atoms with Crippen LogP contribution in [-0.4, -0.2) is 15.6 Å². The number of fused-ring (bicyclic) bond motifs is 1. The Bertz CT molecular complexity index is 1060. The molecule has 6 nitrogen and oxygen atoms in total. The van der Waals surface area contributed by atoms with Crippen molar-refractivity contribution in [1.29, 1.82) is 0 Å². The summed E-state index contributed by atoms with van der Waals surface area (Å²) in [6.45, 7) is 1.94. The zero-order chi connectivity index (χ0) is 17.4. The summed E-state index contributed by atoms with van der Waals surface area (Å²) in [5.74, 6) is 0.200. The maximum Gasteiger partial charge on any atom is 0.273 e. The van der Waals surface area contributed by atoms with E-state index in [9.17, 15) is 9.18 Å². The molecule has 0 saturated carbocycles. The van der Waals surface area contributed by atoms with Crippen LogP contribution in [0.25, 0.3) is 11.1 Å².